The van der Waals surface area contributed by atoms with Gasteiger partial charge in [-0.1, -0.05) is 0 Å². The highest BCUT2D eigenvalue weighted by Crippen LogP contribution is 2.31. The van der Waals surface area contributed by atoms with E-state index in [1.165, 1.54) is 7.11 Å². The zero-order chi connectivity index (χ0) is 17.2. The third kappa shape index (κ3) is 3.84. The first-order valence-corrected chi connectivity index (χ1v) is 7.67. The average molecular weight is 341 g/mol. The Kier molecular flexibility index (Phi) is 4.70. The van der Waals surface area contributed by atoms with Gasteiger partial charge in [0.15, 0.2) is 0 Å². The molecule has 2 aromatic rings. The number of aromatic nitrogens is 4. The van der Waals surface area contributed by atoms with E-state index in [-0.39, 0.29) is 5.92 Å². The SMILES string of the molecule is COc1ccc(CN2CCCC(c3ncc(C(F)(F)F)[nH]3)C2)nn1. The fourth-order valence-corrected chi connectivity index (χ4v) is 2.88. The molecule has 0 saturated carbocycles. The quantitative estimate of drug-likeness (QED) is 0.926. The van der Waals surface area contributed by atoms with Crippen molar-refractivity contribution in [2.45, 2.75) is 31.5 Å². The number of rotatable bonds is 4. The number of hydrogen-bond acceptors (Lipinski definition) is 5. The number of piperidine rings is 1. The van der Waals surface area contributed by atoms with Crippen molar-refractivity contribution in [3.8, 4) is 5.88 Å². The summed E-state index contributed by atoms with van der Waals surface area (Å²) in [5, 5.41) is 8.02. The van der Waals surface area contributed by atoms with Gasteiger partial charge in [0, 0.05) is 25.1 Å². The van der Waals surface area contributed by atoms with Crippen LogP contribution in [0.3, 0.4) is 0 Å². The third-order valence-corrected chi connectivity index (χ3v) is 4.08. The fourth-order valence-electron chi connectivity index (χ4n) is 2.88. The van der Waals surface area contributed by atoms with Gasteiger partial charge in [0.25, 0.3) is 0 Å². The molecule has 0 radical (unpaired) electrons. The number of nitrogens with one attached hydrogen (secondary N) is 1. The molecule has 1 N–H and O–H groups in total. The van der Waals surface area contributed by atoms with Gasteiger partial charge in [-0.3, -0.25) is 4.90 Å². The largest absolute Gasteiger partial charge is 0.480 e. The molecule has 1 unspecified atom stereocenters. The molecular weight excluding hydrogens is 323 g/mol. The molecular formula is C15H18F3N5O. The Morgan fingerprint density at radius 2 is 2.17 bits per heavy atom. The number of ether oxygens (including phenoxy) is 1. The number of nitrogens with zero attached hydrogens (tertiary/aromatic N) is 4. The number of halogens is 3. The van der Waals surface area contributed by atoms with Gasteiger partial charge in [-0.05, 0) is 25.5 Å². The number of hydrogen-bond donors (Lipinski definition) is 1. The van der Waals surface area contributed by atoms with Gasteiger partial charge >= 0.3 is 6.18 Å². The van der Waals surface area contributed by atoms with E-state index in [1.54, 1.807) is 6.07 Å². The van der Waals surface area contributed by atoms with Gasteiger partial charge in [0.2, 0.25) is 5.88 Å². The maximum Gasteiger partial charge on any atom is 0.432 e. The molecule has 130 valence electrons. The van der Waals surface area contributed by atoms with Gasteiger partial charge in [-0.2, -0.15) is 18.3 Å². The number of methoxy groups -OCH3 is 1. The van der Waals surface area contributed by atoms with E-state index in [9.17, 15) is 13.2 Å². The van der Waals surface area contributed by atoms with Crippen LogP contribution in [-0.2, 0) is 12.7 Å². The van der Waals surface area contributed by atoms with Crippen LogP contribution in [0.1, 0.15) is 36.0 Å². The normalized spacial score (nSPS) is 19.4. The average Bonchev–Trinajstić information content (AvgIpc) is 3.06. The summed E-state index contributed by atoms with van der Waals surface area (Å²) in [7, 11) is 1.53. The zero-order valence-corrected chi connectivity index (χ0v) is 13.2. The lowest BCUT2D eigenvalue weighted by molar-refractivity contribution is -0.141. The van der Waals surface area contributed by atoms with Crippen LogP contribution in [0.25, 0.3) is 0 Å². The minimum absolute atomic E-state index is 0.0407. The van der Waals surface area contributed by atoms with Gasteiger partial charge in [0.05, 0.1) is 19.0 Å². The second-order valence-corrected chi connectivity index (χ2v) is 5.82. The maximum absolute atomic E-state index is 12.7. The molecule has 1 saturated heterocycles. The number of alkyl halides is 3. The third-order valence-electron chi connectivity index (χ3n) is 4.08. The van der Waals surface area contributed by atoms with E-state index in [2.05, 4.69) is 25.1 Å². The van der Waals surface area contributed by atoms with Crippen molar-refractivity contribution >= 4 is 0 Å². The first-order valence-electron chi connectivity index (χ1n) is 7.67. The van der Waals surface area contributed by atoms with E-state index in [0.717, 1.165) is 31.3 Å². The summed E-state index contributed by atoms with van der Waals surface area (Å²) in [6.07, 6.45) is -1.81. The van der Waals surface area contributed by atoms with Crippen molar-refractivity contribution in [3.63, 3.8) is 0 Å². The van der Waals surface area contributed by atoms with Gasteiger partial charge in [-0.15, -0.1) is 5.10 Å². The van der Waals surface area contributed by atoms with E-state index >= 15 is 0 Å². The van der Waals surface area contributed by atoms with E-state index in [0.29, 0.717) is 24.8 Å². The Labute approximate surface area is 137 Å². The second kappa shape index (κ2) is 6.76. The van der Waals surface area contributed by atoms with Gasteiger partial charge in [-0.25, -0.2) is 4.98 Å². The van der Waals surface area contributed by atoms with Crippen molar-refractivity contribution in [2.24, 2.45) is 0 Å². The summed E-state index contributed by atoms with van der Waals surface area (Å²) in [4.78, 5) is 8.49. The summed E-state index contributed by atoms with van der Waals surface area (Å²) in [5.41, 5.74) is 0.00233. The fraction of sp³-hybridized carbons (Fsp3) is 0.533. The molecule has 3 heterocycles. The van der Waals surface area contributed by atoms with E-state index < -0.39 is 11.9 Å². The van der Waals surface area contributed by atoms with Crippen LogP contribution in [0.4, 0.5) is 13.2 Å². The van der Waals surface area contributed by atoms with Gasteiger partial charge < -0.3 is 9.72 Å². The maximum atomic E-state index is 12.7. The van der Waals surface area contributed by atoms with Crippen LogP contribution < -0.4 is 4.74 Å². The molecule has 2 aromatic heterocycles. The molecule has 1 aliphatic heterocycles. The molecule has 3 rings (SSSR count). The smallest absolute Gasteiger partial charge is 0.432 e. The van der Waals surface area contributed by atoms with Crippen molar-refractivity contribution in [3.05, 3.63) is 35.5 Å². The topological polar surface area (TPSA) is 66.9 Å². The molecule has 1 aliphatic rings. The Bertz CT molecular complexity index is 670. The van der Waals surface area contributed by atoms with Crippen LogP contribution in [0, 0.1) is 0 Å². The first-order chi connectivity index (χ1) is 11.5. The molecule has 0 aliphatic carbocycles. The lowest BCUT2D eigenvalue weighted by Gasteiger charge is -2.31. The minimum Gasteiger partial charge on any atom is -0.480 e. The molecule has 0 bridgehead atoms. The van der Waals surface area contributed by atoms with Crippen LogP contribution in [0.5, 0.6) is 5.88 Å². The molecule has 0 amide bonds. The molecule has 0 aromatic carbocycles. The molecule has 24 heavy (non-hydrogen) atoms. The van der Waals surface area contributed by atoms with Gasteiger partial charge in [0.1, 0.15) is 11.5 Å². The Balaban J connectivity index is 1.64. The summed E-state index contributed by atoms with van der Waals surface area (Å²) >= 11 is 0. The van der Waals surface area contributed by atoms with Crippen LogP contribution >= 0.6 is 0 Å². The van der Waals surface area contributed by atoms with E-state index in [4.69, 9.17) is 4.74 Å². The molecule has 1 fully saturated rings. The predicted molar refractivity (Wildman–Crippen MR) is 79.4 cm³/mol. The highest BCUT2D eigenvalue weighted by Gasteiger charge is 2.34. The number of likely N-dealkylation sites (tertiary alicyclic amines) is 1. The highest BCUT2D eigenvalue weighted by atomic mass is 19.4. The standard InChI is InChI=1S/C15H18F3N5O/c1-24-13-5-4-11(21-22-13)9-23-6-2-3-10(8-23)14-19-7-12(20-14)15(16,17)18/h4-5,7,10H,2-3,6,8-9H2,1H3,(H,19,20). The number of aromatic amines is 1. The molecule has 6 nitrogen and oxygen atoms in total. The summed E-state index contributed by atoms with van der Waals surface area (Å²) in [5.74, 6) is 0.805. The lowest BCUT2D eigenvalue weighted by Crippen LogP contribution is -2.34. The minimum atomic E-state index is -4.39. The van der Waals surface area contributed by atoms with Crippen molar-refractivity contribution in [1.29, 1.82) is 0 Å². The highest BCUT2D eigenvalue weighted by molar-refractivity contribution is 5.12. The molecule has 0 spiro atoms. The van der Waals surface area contributed by atoms with Crippen molar-refractivity contribution in [2.75, 3.05) is 20.2 Å². The predicted octanol–water partition coefficient (Wildman–Crippen LogP) is 2.61. The zero-order valence-electron chi connectivity index (χ0n) is 13.2. The summed E-state index contributed by atoms with van der Waals surface area (Å²) in [6, 6.07) is 3.58. The second-order valence-electron chi connectivity index (χ2n) is 5.82. The lowest BCUT2D eigenvalue weighted by atomic mass is 9.97. The van der Waals surface area contributed by atoms with E-state index in [1.807, 2.05) is 6.07 Å². The molecule has 9 heteroatoms. The van der Waals surface area contributed by atoms with Crippen molar-refractivity contribution < 1.29 is 17.9 Å². The Morgan fingerprint density at radius 3 is 2.79 bits per heavy atom. The van der Waals surface area contributed by atoms with Crippen LogP contribution in [0.15, 0.2) is 18.3 Å². The Hall–Kier alpha value is -2.16. The number of H-pyrrole nitrogens is 1. The number of imidazole rings is 1. The summed E-state index contributed by atoms with van der Waals surface area (Å²) in [6.45, 7) is 2.11. The monoisotopic (exact) mass is 341 g/mol. The summed E-state index contributed by atoms with van der Waals surface area (Å²) < 4.78 is 43.0. The Morgan fingerprint density at radius 1 is 1.33 bits per heavy atom. The first kappa shape index (κ1) is 16.7. The van der Waals surface area contributed by atoms with Crippen molar-refractivity contribution in [1.82, 2.24) is 25.1 Å². The van der Waals surface area contributed by atoms with Crippen LogP contribution in [0.2, 0.25) is 0 Å². The van der Waals surface area contributed by atoms with Crippen LogP contribution in [-0.4, -0.2) is 45.3 Å². The molecule has 1 atom stereocenters.